The summed E-state index contributed by atoms with van der Waals surface area (Å²) in [6.45, 7) is 5.89. The average molecular weight is 183 g/mol. The number of hydrogen-bond donors (Lipinski definition) is 0. The summed E-state index contributed by atoms with van der Waals surface area (Å²) < 4.78 is 0. The Hall–Kier alpha value is -0.530. The lowest BCUT2D eigenvalue weighted by molar-refractivity contribution is -0.128. The van der Waals surface area contributed by atoms with E-state index in [0.717, 1.165) is 19.0 Å². The summed E-state index contributed by atoms with van der Waals surface area (Å²) in [5, 5.41) is 0. The van der Waals surface area contributed by atoms with Gasteiger partial charge in [-0.2, -0.15) is 0 Å². The van der Waals surface area contributed by atoms with Crippen molar-refractivity contribution in [3.05, 3.63) is 0 Å². The van der Waals surface area contributed by atoms with Gasteiger partial charge in [0.25, 0.3) is 0 Å². The first-order valence-electron chi connectivity index (χ1n) is 5.49. The summed E-state index contributed by atoms with van der Waals surface area (Å²) in [5.41, 5.74) is 0. The molecule has 0 aliphatic carbocycles. The van der Waals surface area contributed by atoms with Crippen LogP contribution in [-0.4, -0.2) is 23.9 Å². The minimum Gasteiger partial charge on any atom is -0.343 e. The Labute approximate surface area is 81.3 Å². The molecule has 2 nitrogen and oxygen atoms in total. The van der Waals surface area contributed by atoms with Crippen molar-refractivity contribution in [3.8, 4) is 0 Å². The second kappa shape index (κ2) is 5.25. The fraction of sp³-hybridized carbons (Fsp3) is 0.909. The van der Waals surface area contributed by atoms with Crippen LogP contribution in [0.25, 0.3) is 0 Å². The van der Waals surface area contributed by atoms with Crippen LogP contribution in [0, 0.1) is 5.92 Å². The summed E-state index contributed by atoms with van der Waals surface area (Å²) >= 11 is 0. The highest BCUT2D eigenvalue weighted by Gasteiger charge is 2.17. The molecule has 1 atom stereocenters. The zero-order valence-electron chi connectivity index (χ0n) is 8.88. The van der Waals surface area contributed by atoms with E-state index < -0.39 is 0 Å². The van der Waals surface area contributed by atoms with Crippen LogP contribution in [0.4, 0.5) is 0 Å². The second-order valence-electron chi connectivity index (χ2n) is 4.09. The molecule has 0 aromatic rings. The lowest BCUT2D eigenvalue weighted by Gasteiger charge is -2.18. The summed E-state index contributed by atoms with van der Waals surface area (Å²) in [5.74, 6) is 1.12. The molecule has 1 aliphatic heterocycles. The van der Waals surface area contributed by atoms with E-state index in [2.05, 4.69) is 6.92 Å². The Kier molecular flexibility index (Phi) is 4.26. The predicted octanol–water partition coefficient (Wildman–Crippen LogP) is 2.44. The van der Waals surface area contributed by atoms with Crippen molar-refractivity contribution in [2.24, 2.45) is 5.92 Å². The molecule has 0 N–H and O–H groups in total. The molecule has 1 saturated heterocycles. The van der Waals surface area contributed by atoms with Gasteiger partial charge in [0.2, 0.25) is 5.91 Å². The molecule has 1 aliphatic rings. The van der Waals surface area contributed by atoms with Gasteiger partial charge < -0.3 is 4.90 Å². The number of hydrogen-bond acceptors (Lipinski definition) is 1. The van der Waals surface area contributed by atoms with Crippen molar-refractivity contribution in [3.63, 3.8) is 0 Å². The van der Waals surface area contributed by atoms with E-state index in [0.29, 0.717) is 0 Å². The molecular weight excluding hydrogens is 162 g/mol. The van der Waals surface area contributed by atoms with Gasteiger partial charge in [-0.15, -0.1) is 0 Å². The van der Waals surface area contributed by atoms with Crippen LogP contribution in [0.15, 0.2) is 0 Å². The van der Waals surface area contributed by atoms with Crippen molar-refractivity contribution in [2.45, 2.75) is 46.0 Å². The van der Waals surface area contributed by atoms with Gasteiger partial charge in [-0.1, -0.05) is 19.8 Å². The Bertz CT molecular complexity index is 167. The smallest absolute Gasteiger partial charge is 0.219 e. The van der Waals surface area contributed by atoms with Crippen LogP contribution >= 0.6 is 0 Å². The van der Waals surface area contributed by atoms with E-state index in [9.17, 15) is 4.79 Å². The van der Waals surface area contributed by atoms with Crippen molar-refractivity contribution in [1.82, 2.24) is 4.90 Å². The molecule has 1 rings (SSSR count). The molecule has 1 amide bonds. The number of rotatable bonds is 2. The molecule has 0 aromatic carbocycles. The first-order valence-corrected chi connectivity index (χ1v) is 5.49. The Morgan fingerprint density at radius 3 is 2.77 bits per heavy atom. The SMILES string of the molecule is CCCC1CCCN(C(C)=O)CC1. The molecular formula is C11H21NO. The van der Waals surface area contributed by atoms with E-state index in [4.69, 9.17) is 0 Å². The third-order valence-electron chi connectivity index (χ3n) is 2.99. The van der Waals surface area contributed by atoms with Crippen LogP contribution in [0.1, 0.15) is 46.0 Å². The fourth-order valence-electron chi connectivity index (χ4n) is 2.18. The van der Waals surface area contributed by atoms with E-state index in [1.54, 1.807) is 6.92 Å². The van der Waals surface area contributed by atoms with Crippen molar-refractivity contribution in [1.29, 1.82) is 0 Å². The largest absolute Gasteiger partial charge is 0.343 e. The first-order chi connectivity index (χ1) is 6.24. The molecule has 1 heterocycles. The average Bonchev–Trinajstić information content (AvgIpc) is 2.30. The molecule has 1 unspecified atom stereocenters. The van der Waals surface area contributed by atoms with Gasteiger partial charge in [0.15, 0.2) is 0 Å². The van der Waals surface area contributed by atoms with E-state index in [1.807, 2.05) is 4.90 Å². The first kappa shape index (κ1) is 10.6. The standard InChI is InChI=1S/C11H21NO/c1-3-5-11-6-4-8-12(9-7-11)10(2)13/h11H,3-9H2,1-2H3. The highest BCUT2D eigenvalue weighted by Crippen LogP contribution is 2.21. The monoisotopic (exact) mass is 183 g/mol. The van der Waals surface area contributed by atoms with Crippen LogP contribution in [0.5, 0.6) is 0 Å². The molecule has 1 fully saturated rings. The highest BCUT2D eigenvalue weighted by atomic mass is 16.2. The van der Waals surface area contributed by atoms with E-state index in [1.165, 1.54) is 32.1 Å². The van der Waals surface area contributed by atoms with E-state index in [-0.39, 0.29) is 5.91 Å². The van der Waals surface area contributed by atoms with Gasteiger partial charge in [0.05, 0.1) is 0 Å². The number of likely N-dealkylation sites (tertiary alicyclic amines) is 1. The molecule has 2 heteroatoms. The van der Waals surface area contributed by atoms with Crippen molar-refractivity contribution in [2.75, 3.05) is 13.1 Å². The van der Waals surface area contributed by atoms with Gasteiger partial charge >= 0.3 is 0 Å². The molecule has 0 radical (unpaired) electrons. The van der Waals surface area contributed by atoms with Crippen molar-refractivity contribution >= 4 is 5.91 Å². The summed E-state index contributed by atoms with van der Waals surface area (Å²) in [6, 6.07) is 0. The zero-order chi connectivity index (χ0) is 9.68. The van der Waals surface area contributed by atoms with Gasteiger partial charge in [0, 0.05) is 20.0 Å². The minimum atomic E-state index is 0.247. The second-order valence-corrected chi connectivity index (χ2v) is 4.09. The number of nitrogens with zero attached hydrogens (tertiary/aromatic N) is 1. The summed E-state index contributed by atoms with van der Waals surface area (Å²) in [4.78, 5) is 13.1. The third kappa shape index (κ3) is 3.37. The molecule has 0 spiro atoms. The molecule has 13 heavy (non-hydrogen) atoms. The number of amides is 1. The maximum Gasteiger partial charge on any atom is 0.219 e. The third-order valence-corrected chi connectivity index (χ3v) is 2.99. The lowest BCUT2D eigenvalue weighted by atomic mass is 9.96. The van der Waals surface area contributed by atoms with Crippen LogP contribution in [-0.2, 0) is 4.79 Å². The Balaban J connectivity index is 2.35. The predicted molar refractivity (Wildman–Crippen MR) is 54.5 cm³/mol. The minimum absolute atomic E-state index is 0.247. The van der Waals surface area contributed by atoms with Gasteiger partial charge in [-0.05, 0) is 25.2 Å². The van der Waals surface area contributed by atoms with Crippen LogP contribution < -0.4 is 0 Å². The van der Waals surface area contributed by atoms with Crippen LogP contribution in [0.3, 0.4) is 0 Å². The molecule has 76 valence electrons. The van der Waals surface area contributed by atoms with Crippen molar-refractivity contribution < 1.29 is 4.79 Å². The maximum atomic E-state index is 11.1. The van der Waals surface area contributed by atoms with E-state index >= 15 is 0 Å². The molecule has 0 aromatic heterocycles. The number of carbonyl (C=O) groups excluding carboxylic acids is 1. The molecule has 0 bridgehead atoms. The van der Waals surface area contributed by atoms with Crippen LogP contribution in [0.2, 0.25) is 0 Å². The summed E-state index contributed by atoms with van der Waals surface area (Å²) in [7, 11) is 0. The highest BCUT2D eigenvalue weighted by molar-refractivity contribution is 5.73. The Morgan fingerprint density at radius 1 is 1.38 bits per heavy atom. The maximum absolute atomic E-state index is 11.1. The van der Waals surface area contributed by atoms with Gasteiger partial charge in [0.1, 0.15) is 0 Å². The summed E-state index contributed by atoms with van der Waals surface area (Å²) in [6.07, 6.45) is 6.35. The lowest BCUT2D eigenvalue weighted by Crippen LogP contribution is -2.29. The van der Waals surface area contributed by atoms with Gasteiger partial charge in [-0.25, -0.2) is 0 Å². The normalized spacial score (nSPS) is 24.2. The molecule has 0 saturated carbocycles. The topological polar surface area (TPSA) is 20.3 Å². The number of carbonyl (C=O) groups is 1. The quantitative estimate of drug-likeness (QED) is 0.644. The fourth-order valence-corrected chi connectivity index (χ4v) is 2.18. The Morgan fingerprint density at radius 2 is 2.15 bits per heavy atom. The van der Waals surface area contributed by atoms with Gasteiger partial charge in [-0.3, -0.25) is 4.79 Å². The zero-order valence-corrected chi connectivity index (χ0v) is 8.88.